The zero-order valence-electron chi connectivity index (χ0n) is 5.91. The Balaban J connectivity index is 2.39. The Morgan fingerprint density at radius 2 is 2.45 bits per heavy atom. The van der Waals surface area contributed by atoms with Crippen molar-refractivity contribution in [2.45, 2.75) is 18.3 Å². The molecule has 1 aliphatic rings. The van der Waals surface area contributed by atoms with Crippen LogP contribution in [0.1, 0.15) is 18.4 Å². The van der Waals surface area contributed by atoms with Crippen LogP contribution in [0.25, 0.3) is 0 Å². The number of nitrogens with zero attached hydrogens (tertiary/aromatic N) is 3. The van der Waals surface area contributed by atoms with E-state index >= 15 is 0 Å². The molecule has 1 aliphatic carbocycles. The molecule has 0 N–H and O–H groups in total. The molecule has 3 heteroatoms. The zero-order valence-corrected chi connectivity index (χ0v) is 5.91. The minimum absolute atomic E-state index is 0.290. The third-order valence-corrected chi connectivity index (χ3v) is 1.99. The highest BCUT2D eigenvalue weighted by molar-refractivity contribution is 5.34. The second-order valence-electron chi connectivity index (χ2n) is 2.74. The molecule has 3 nitrogen and oxygen atoms in total. The Morgan fingerprint density at radius 3 is 2.91 bits per heavy atom. The molecule has 0 atom stereocenters. The van der Waals surface area contributed by atoms with Gasteiger partial charge in [0.25, 0.3) is 0 Å². The van der Waals surface area contributed by atoms with Crippen LogP contribution in [0.15, 0.2) is 12.5 Å². The van der Waals surface area contributed by atoms with Crippen molar-refractivity contribution in [3.63, 3.8) is 0 Å². The first-order valence-electron chi connectivity index (χ1n) is 3.47. The molecule has 0 saturated heterocycles. The minimum atomic E-state index is -0.290. The summed E-state index contributed by atoms with van der Waals surface area (Å²) >= 11 is 0. The highest BCUT2D eigenvalue weighted by Crippen LogP contribution is 2.46. The fourth-order valence-corrected chi connectivity index (χ4v) is 1.07. The molecule has 53 valence electrons. The van der Waals surface area contributed by atoms with E-state index in [-0.39, 0.29) is 5.41 Å². The van der Waals surface area contributed by atoms with Gasteiger partial charge < -0.3 is 0 Å². The van der Waals surface area contributed by atoms with Gasteiger partial charge in [-0.25, -0.2) is 9.97 Å². The van der Waals surface area contributed by atoms with E-state index in [1.54, 1.807) is 6.20 Å². The molecule has 0 bridgehead atoms. The predicted molar refractivity (Wildman–Crippen MR) is 37.4 cm³/mol. The Kier molecular flexibility index (Phi) is 1.16. The molecule has 0 spiro atoms. The molecule has 1 aromatic rings. The van der Waals surface area contributed by atoms with E-state index in [0.717, 1.165) is 18.4 Å². The van der Waals surface area contributed by atoms with Crippen molar-refractivity contribution < 1.29 is 0 Å². The molecule has 0 unspecified atom stereocenters. The average molecular weight is 144 g/mol. The molecule has 11 heavy (non-hydrogen) atoms. The SMILES string of the molecule is N#CC1(c2[c]ncnc2)CC1. The standard InChI is InChI=1S/C8H6N3/c9-5-8(1-2-8)7-3-10-6-11-4-7/h3,6H,1-2H2. The van der Waals surface area contributed by atoms with Crippen LogP contribution in [0.5, 0.6) is 0 Å². The largest absolute Gasteiger partial charge is 0.244 e. The molecule has 1 fully saturated rings. The summed E-state index contributed by atoms with van der Waals surface area (Å²) in [5.74, 6) is 0. The summed E-state index contributed by atoms with van der Waals surface area (Å²) in [5.41, 5.74) is 0.545. The predicted octanol–water partition coefficient (Wildman–Crippen LogP) is 0.832. The Morgan fingerprint density at radius 1 is 1.64 bits per heavy atom. The average Bonchev–Trinajstić information content (AvgIpc) is 2.86. The van der Waals surface area contributed by atoms with Crippen molar-refractivity contribution in [2.24, 2.45) is 0 Å². The molecular weight excluding hydrogens is 138 g/mol. The van der Waals surface area contributed by atoms with Gasteiger partial charge in [-0.1, -0.05) is 0 Å². The molecular formula is C8H6N3. The Hall–Kier alpha value is -1.43. The third-order valence-electron chi connectivity index (χ3n) is 1.99. The molecule has 0 aromatic carbocycles. The summed E-state index contributed by atoms with van der Waals surface area (Å²) in [6, 6.07) is 2.26. The fourth-order valence-electron chi connectivity index (χ4n) is 1.07. The van der Waals surface area contributed by atoms with E-state index in [1.165, 1.54) is 6.33 Å². The smallest absolute Gasteiger partial charge is 0.116 e. The monoisotopic (exact) mass is 144 g/mol. The highest BCUT2D eigenvalue weighted by atomic mass is 14.8. The van der Waals surface area contributed by atoms with Crippen molar-refractivity contribution in [2.75, 3.05) is 0 Å². The van der Waals surface area contributed by atoms with Gasteiger partial charge in [-0.2, -0.15) is 5.26 Å². The van der Waals surface area contributed by atoms with Crippen LogP contribution in [0, 0.1) is 17.5 Å². The quantitative estimate of drug-likeness (QED) is 0.586. The Bertz CT molecular complexity index is 295. The lowest BCUT2D eigenvalue weighted by Crippen LogP contribution is -2.03. The lowest BCUT2D eigenvalue weighted by molar-refractivity contribution is 0.876. The van der Waals surface area contributed by atoms with Gasteiger partial charge in [0.1, 0.15) is 6.33 Å². The highest BCUT2D eigenvalue weighted by Gasteiger charge is 2.45. The first-order valence-corrected chi connectivity index (χ1v) is 3.47. The molecule has 1 heterocycles. The van der Waals surface area contributed by atoms with Crippen molar-refractivity contribution in [3.05, 3.63) is 24.3 Å². The molecule has 2 rings (SSSR count). The van der Waals surface area contributed by atoms with E-state index in [9.17, 15) is 0 Å². The van der Waals surface area contributed by atoms with Crippen LogP contribution >= 0.6 is 0 Å². The molecule has 1 saturated carbocycles. The fraction of sp³-hybridized carbons (Fsp3) is 0.375. The third kappa shape index (κ3) is 0.874. The number of hydrogen-bond acceptors (Lipinski definition) is 3. The van der Waals surface area contributed by atoms with Gasteiger partial charge in [0.2, 0.25) is 0 Å². The summed E-state index contributed by atoms with van der Waals surface area (Å²) in [4.78, 5) is 7.60. The maximum atomic E-state index is 8.78. The topological polar surface area (TPSA) is 49.6 Å². The number of hydrogen-bond donors (Lipinski definition) is 0. The van der Waals surface area contributed by atoms with E-state index in [2.05, 4.69) is 22.2 Å². The van der Waals surface area contributed by atoms with Gasteiger partial charge in [0.15, 0.2) is 0 Å². The lowest BCUT2D eigenvalue weighted by Gasteiger charge is -2.00. The van der Waals surface area contributed by atoms with E-state index in [0.29, 0.717) is 0 Å². The summed E-state index contributed by atoms with van der Waals surface area (Å²) in [6.45, 7) is 0. The van der Waals surface area contributed by atoms with Crippen molar-refractivity contribution >= 4 is 0 Å². The van der Waals surface area contributed by atoms with Gasteiger partial charge in [0.05, 0.1) is 17.7 Å². The van der Waals surface area contributed by atoms with Crippen LogP contribution in [0.4, 0.5) is 0 Å². The van der Waals surface area contributed by atoms with E-state index < -0.39 is 0 Å². The van der Waals surface area contributed by atoms with Crippen LogP contribution in [-0.4, -0.2) is 9.97 Å². The van der Waals surface area contributed by atoms with Gasteiger partial charge in [-0.15, -0.1) is 0 Å². The second-order valence-corrected chi connectivity index (χ2v) is 2.74. The molecule has 0 amide bonds. The Labute approximate surface area is 64.7 Å². The van der Waals surface area contributed by atoms with Crippen molar-refractivity contribution in [3.8, 4) is 6.07 Å². The van der Waals surface area contributed by atoms with E-state index in [4.69, 9.17) is 5.26 Å². The molecule has 1 radical (unpaired) electrons. The maximum absolute atomic E-state index is 8.78. The maximum Gasteiger partial charge on any atom is 0.116 e. The van der Waals surface area contributed by atoms with Crippen LogP contribution < -0.4 is 0 Å². The summed E-state index contributed by atoms with van der Waals surface area (Å²) < 4.78 is 0. The van der Waals surface area contributed by atoms with Crippen LogP contribution in [-0.2, 0) is 5.41 Å². The summed E-state index contributed by atoms with van der Waals surface area (Å²) in [7, 11) is 0. The number of aromatic nitrogens is 2. The van der Waals surface area contributed by atoms with Gasteiger partial charge in [0, 0.05) is 11.8 Å². The van der Waals surface area contributed by atoms with E-state index in [1.807, 2.05) is 0 Å². The van der Waals surface area contributed by atoms with Crippen LogP contribution in [0.2, 0.25) is 0 Å². The first kappa shape index (κ1) is 6.29. The van der Waals surface area contributed by atoms with Crippen LogP contribution in [0.3, 0.4) is 0 Å². The van der Waals surface area contributed by atoms with Gasteiger partial charge in [-0.05, 0) is 12.8 Å². The van der Waals surface area contributed by atoms with Gasteiger partial charge >= 0.3 is 0 Å². The normalized spacial score (nSPS) is 18.8. The summed E-state index contributed by atoms with van der Waals surface area (Å²) in [5, 5.41) is 8.78. The molecule has 1 aromatic heterocycles. The lowest BCUT2D eigenvalue weighted by atomic mass is 10.0. The molecule has 0 aliphatic heterocycles. The number of rotatable bonds is 1. The van der Waals surface area contributed by atoms with Crippen molar-refractivity contribution in [1.82, 2.24) is 9.97 Å². The van der Waals surface area contributed by atoms with Gasteiger partial charge in [-0.3, -0.25) is 0 Å². The minimum Gasteiger partial charge on any atom is -0.244 e. The number of nitriles is 1. The zero-order chi connectivity index (χ0) is 7.73. The second kappa shape index (κ2) is 2.03. The first-order chi connectivity index (χ1) is 5.37. The summed E-state index contributed by atoms with van der Waals surface area (Å²) in [6.07, 6.45) is 7.73. The van der Waals surface area contributed by atoms with Crippen molar-refractivity contribution in [1.29, 1.82) is 5.26 Å².